The third-order valence-corrected chi connectivity index (χ3v) is 5.75. The van der Waals surface area contributed by atoms with Crippen LogP contribution < -0.4 is 14.4 Å². The second-order valence-electron chi connectivity index (χ2n) is 8.10. The molecule has 1 atom stereocenters. The molecule has 0 aromatic heterocycles. The van der Waals surface area contributed by atoms with Crippen LogP contribution in [0, 0.1) is 10.1 Å². The summed E-state index contributed by atoms with van der Waals surface area (Å²) in [6.07, 6.45) is 0.791. The predicted octanol–water partition coefficient (Wildman–Crippen LogP) is 5.02. The van der Waals surface area contributed by atoms with Crippen molar-refractivity contribution in [2.45, 2.75) is 19.4 Å². The molecule has 0 spiro atoms. The molecule has 1 aliphatic heterocycles. The molecule has 1 fully saturated rings. The van der Waals surface area contributed by atoms with Crippen LogP contribution in [0.3, 0.4) is 0 Å². The lowest BCUT2D eigenvalue weighted by molar-refractivity contribution is -0.384. The van der Waals surface area contributed by atoms with Gasteiger partial charge in [0.15, 0.2) is 0 Å². The Kier molecular flexibility index (Phi) is 7.00. The third-order valence-electron chi connectivity index (χ3n) is 5.75. The number of carbonyl (C=O) groups excluding carboxylic acids is 2. The van der Waals surface area contributed by atoms with Gasteiger partial charge in [0, 0.05) is 29.4 Å². The summed E-state index contributed by atoms with van der Waals surface area (Å²) in [7, 11) is 1.49. The molecule has 1 aliphatic rings. The molecule has 0 aliphatic carbocycles. The number of methoxy groups -OCH3 is 1. The van der Waals surface area contributed by atoms with Crippen LogP contribution in [-0.4, -0.2) is 35.4 Å². The van der Waals surface area contributed by atoms with Gasteiger partial charge in [0.2, 0.25) is 0 Å². The number of nitro benzene ring substituents is 1. The van der Waals surface area contributed by atoms with Gasteiger partial charge in [-0.05, 0) is 36.2 Å². The van der Waals surface area contributed by atoms with Crippen LogP contribution in [-0.2, 0) is 9.59 Å². The Morgan fingerprint density at radius 2 is 1.75 bits per heavy atom. The fraction of sp³-hybridized carbons (Fsp3) is 0.185. The molecule has 9 heteroatoms. The number of aliphatic hydroxyl groups is 1. The molecule has 0 saturated carbocycles. The highest BCUT2D eigenvalue weighted by Crippen LogP contribution is 2.43. The van der Waals surface area contributed by atoms with Gasteiger partial charge in [-0.15, -0.1) is 0 Å². The fourth-order valence-corrected chi connectivity index (χ4v) is 4.09. The fourth-order valence-electron chi connectivity index (χ4n) is 4.09. The number of amides is 1. The normalized spacial score (nSPS) is 16.7. The smallest absolute Gasteiger partial charge is 0.300 e. The zero-order valence-corrected chi connectivity index (χ0v) is 19.7. The zero-order valence-electron chi connectivity index (χ0n) is 19.7. The van der Waals surface area contributed by atoms with Crippen molar-refractivity contribution in [1.82, 2.24) is 0 Å². The number of carbonyl (C=O) groups is 2. The van der Waals surface area contributed by atoms with Crippen molar-refractivity contribution in [2.75, 3.05) is 18.6 Å². The number of anilines is 1. The van der Waals surface area contributed by atoms with E-state index in [0.717, 1.165) is 12.5 Å². The number of non-ortho nitro benzene ring substituents is 1. The Labute approximate surface area is 207 Å². The molecule has 36 heavy (non-hydrogen) atoms. The van der Waals surface area contributed by atoms with Gasteiger partial charge >= 0.3 is 0 Å². The van der Waals surface area contributed by atoms with E-state index in [1.165, 1.54) is 30.2 Å². The SMILES string of the molecule is CCCOc1cccc(C2/C(=C(/O)c3cccc([N+](=O)[O-])c3)C(=O)C(=O)N2c2cccc(OC)c2)c1. The van der Waals surface area contributed by atoms with Gasteiger partial charge < -0.3 is 14.6 Å². The highest BCUT2D eigenvalue weighted by molar-refractivity contribution is 6.51. The lowest BCUT2D eigenvalue weighted by Crippen LogP contribution is -2.29. The van der Waals surface area contributed by atoms with Gasteiger partial charge in [0.25, 0.3) is 17.4 Å². The second-order valence-corrected chi connectivity index (χ2v) is 8.10. The van der Waals surface area contributed by atoms with E-state index in [4.69, 9.17) is 9.47 Å². The van der Waals surface area contributed by atoms with Crippen molar-refractivity contribution >= 4 is 28.8 Å². The standard InChI is InChI=1S/C27H24N2O7/c1-3-13-36-22-12-5-7-17(15-22)24-23(25(30)18-8-4-10-20(14-18)29(33)34)26(31)27(32)28(24)19-9-6-11-21(16-19)35-2/h4-12,14-16,24,30H,3,13H2,1-2H3/b25-23-. The third kappa shape index (κ3) is 4.63. The molecule has 3 aromatic rings. The van der Waals surface area contributed by atoms with Crippen molar-refractivity contribution in [2.24, 2.45) is 0 Å². The summed E-state index contributed by atoms with van der Waals surface area (Å²) in [5.41, 5.74) is 0.525. The summed E-state index contributed by atoms with van der Waals surface area (Å²) in [5.74, 6) is -1.24. The maximum Gasteiger partial charge on any atom is 0.300 e. The van der Waals surface area contributed by atoms with Crippen molar-refractivity contribution in [3.05, 3.63) is 99.6 Å². The summed E-state index contributed by atoms with van der Waals surface area (Å²) in [6.45, 7) is 2.45. The van der Waals surface area contributed by atoms with Crippen LogP contribution in [0.1, 0.15) is 30.5 Å². The minimum atomic E-state index is -1.01. The van der Waals surface area contributed by atoms with Crippen LogP contribution in [0.5, 0.6) is 11.5 Å². The van der Waals surface area contributed by atoms with Gasteiger partial charge in [-0.2, -0.15) is 0 Å². The van der Waals surface area contributed by atoms with E-state index in [1.54, 1.807) is 48.5 Å². The molecule has 1 heterocycles. The Hall–Kier alpha value is -4.66. The van der Waals surface area contributed by atoms with Gasteiger partial charge in [-0.1, -0.05) is 37.3 Å². The number of nitrogens with zero attached hydrogens (tertiary/aromatic N) is 2. The Balaban J connectivity index is 1.93. The Morgan fingerprint density at radius 3 is 2.47 bits per heavy atom. The van der Waals surface area contributed by atoms with Crippen LogP contribution in [0.25, 0.3) is 5.76 Å². The van der Waals surface area contributed by atoms with Crippen LogP contribution in [0.4, 0.5) is 11.4 Å². The molecule has 1 unspecified atom stereocenters. The van der Waals surface area contributed by atoms with E-state index in [0.29, 0.717) is 29.4 Å². The molecule has 3 aromatic carbocycles. The zero-order chi connectivity index (χ0) is 25.8. The summed E-state index contributed by atoms with van der Waals surface area (Å²) in [5, 5.41) is 22.5. The van der Waals surface area contributed by atoms with E-state index in [1.807, 2.05) is 6.92 Å². The largest absolute Gasteiger partial charge is 0.507 e. The van der Waals surface area contributed by atoms with Crippen LogP contribution >= 0.6 is 0 Å². The van der Waals surface area contributed by atoms with Gasteiger partial charge in [0.1, 0.15) is 17.3 Å². The Morgan fingerprint density at radius 1 is 1.03 bits per heavy atom. The summed E-state index contributed by atoms with van der Waals surface area (Å²) < 4.78 is 11.0. The van der Waals surface area contributed by atoms with E-state index >= 15 is 0 Å². The van der Waals surface area contributed by atoms with Crippen LogP contribution in [0.15, 0.2) is 78.4 Å². The van der Waals surface area contributed by atoms with Crippen molar-refractivity contribution in [3.63, 3.8) is 0 Å². The minimum Gasteiger partial charge on any atom is -0.507 e. The average molecular weight is 488 g/mol. The first kappa shape index (κ1) is 24.5. The number of ketones is 1. The van der Waals surface area contributed by atoms with Crippen molar-refractivity contribution < 1.29 is 29.1 Å². The average Bonchev–Trinajstić information content (AvgIpc) is 3.17. The lowest BCUT2D eigenvalue weighted by Gasteiger charge is -2.26. The van der Waals surface area contributed by atoms with Crippen LogP contribution in [0.2, 0.25) is 0 Å². The number of aliphatic hydroxyl groups excluding tert-OH is 1. The van der Waals surface area contributed by atoms with E-state index in [9.17, 15) is 24.8 Å². The van der Waals surface area contributed by atoms with E-state index < -0.39 is 28.4 Å². The van der Waals surface area contributed by atoms with Gasteiger partial charge in [-0.3, -0.25) is 24.6 Å². The van der Waals surface area contributed by atoms with Crippen molar-refractivity contribution in [3.8, 4) is 11.5 Å². The van der Waals surface area contributed by atoms with E-state index in [-0.39, 0.29) is 16.8 Å². The topological polar surface area (TPSA) is 119 Å². The molecule has 0 bridgehead atoms. The maximum absolute atomic E-state index is 13.3. The number of rotatable bonds is 8. The highest BCUT2D eigenvalue weighted by atomic mass is 16.6. The summed E-state index contributed by atoms with van der Waals surface area (Å²) in [6, 6.07) is 17.9. The molecule has 1 amide bonds. The number of hydrogen-bond acceptors (Lipinski definition) is 7. The van der Waals surface area contributed by atoms with E-state index in [2.05, 4.69) is 0 Å². The minimum absolute atomic E-state index is 0.0521. The molecule has 0 radical (unpaired) electrons. The number of benzene rings is 3. The van der Waals surface area contributed by atoms with Gasteiger partial charge in [-0.25, -0.2) is 0 Å². The molecular weight excluding hydrogens is 464 g/mol. The first-order valence-corrected chi connectivity index (χ1v) is 11.3. The predicted molar refractivity (Wildman–Crippen MR) is 133 cm³/mol. The second kappa shape index (κ2) is 10.3. The van der Waals surface area contributed by atoms with Gasteiger partial charge in [0.05, 0.1) is 30.3 Å². The lowest BCUT2D eigenvalue weighted by atomic mass is 9.95. The number of nitro groups is 1. The van der Waals surface area contributed by atoms with Crippen molar-refractivity contribution in [1.29, 1.82) is 0 Å². The molecule has 1 saturated heterocycles. The molecular formula is C27H24N2O7. The molecule has 9 nitrogen and oxygen atoms in total. The maximum atomic E-state index is 13.3. The quantitative estimate of drug-likeness (QED) is 0.155. The number of Topliss-reactive ketones (excluding diaryl/α,β-unsaturated/α-hetero) is 1. The highest BCUT2D eigenvalue weighted by Gasteiger charge is 2.47. The summed E-state index contributed by atoms with van der Waals surface area (Å²) >= 11 is 0. The molecule has 4 rings (SSSR count). The monoisotopic (exact) mass is 488 g/mol. The number of ether oxygens (including phenoxy) is 2. The molecule has 184 valence electrons. The summed E-state index contributed by atoms with van der Waals surface area (Å²) in [4.78, 5) is 38.6. The molecule has 1 N–H and O–H groups in total. The number of hydrogen-bond donors (Lipinski definition) is 1. The first-order valence-electron chi connectivity index (χ1n) is 11.3. The Bertz CT molecular complexity index is 1370. The first-order chi connectivity index (χ1) is 17.3.